The number of thiazole rings is 1. The predicted octanol–water partition coefficient (Wildman–Crippen LogP) is 5.49. The van der Waals surface area contributed by atoms with Gasteiger partial charge in [0.05, 0.1) is 5.69 Å². The Balaban J connectivity index is 1.62. The molecule has 3 aromatic carbocycles. The summed E-state index contributed by atoms with van der Waals surface area (Å²) < 4.78 is 26.9. The van der Waals surface area contributed by atoms with Gasteiger partial charge in [0.2, 0.25) is 0 Å². The molecule has 128 valence electrons. The lowest BCUT2D eigenvalue weighted by Crippen LogP contribution is -2.12. The highest BCUT2D eigenvalue weighted by atomic mass is 32.1. The highest BCUT2D eigenvalue weighted by Crippen LogP contribution is 2.28. The molecule has 26 heavy (non-hydrogen) atoms. The molecule has 0 bridgehead atoms. The lowest BCUT2D eigenvalue weighted by atomic mass is 10.0. The number of rotatable bonds is 3. The van der Waals surface area contributed by atoms with E-state index in [1.54, 1.807) is 11.4 Å². The molecular weight excluding hydrogens is 354 g/mol. The smallest absolute Gasteiger partial charge is 0.258 e. The summed E-state index contributed by atoms with van der Waals surface area (Å²) in [4.78, 5) is 16.9. The van der Waals surface area contributed by atoms with Crippen LogP contribution in [0.5, 0.6) is 0 Å². The third-order valence-corrected chi connectivity index (χ3v) is 4.72. The summed E-state index contributed by atoms with van der Waals surface area (Å²) in [6.07, 6.45) is 0. The van der Waals surface area contributed by atoms with Gasteiger partial charge in [0.15, 0.2) is 5.13 Å². The van der Waals surface area contributed by atoms with Crippen molar-refractivity contribution in [2.45, 2.75) is 0 Å². The summed E-state index contributed by atoms with van der Waals surface area (Å²) in [5.74, 6) is -1.63. The topological polar surface area (TPSA) is 42.0 Å². The highest BCUT2D eigenvalue weighted by Gasteiger charge is 2.14. The van der Waals surface area contributed by atoms with Crippen molar-refractivity contribution in [2.24, 2.45) is 0 Å². The first-order valence-corrected chi connectivity index (χ1v) is 8.70. The third kappa shape index (κ3) is 3.07. The zero-order valence-corrected chi connectivity index (χ0v) is 14.2. The number of hydrogen-bond acceptors (Lipinski definition) is 3. The molecular formula is C20H12F2N2OS. The van der Waals surface area contributed by atoms with E-state index in [1.165, 1.54) is 23.5 Å². The molecule has 0 saturated heterocycles. The average molecular weight is 366 g/mol. The number of fused-ring (bicyclic) bond motifs is 1. The maximum absolute atomic E-state index is 13.9. The molecule has 1 aromatic heterocycles. The van der Waals surface area contributed by atoms with E-state index in [2.05, 4.69) is 10.3 Å². The number of carbonyl (C=O) groups is 1. The van der Waals surface area contributed by atoms with Crippen LogP contribution in [0.2, 0.25) is 0 Å². The van der Waals surface area contributed by atoms with E-state index in [0.717, 1.165) is 16.8 Å². The van der Waals surface area contributed by atoms with Crippen LogP contribution < -0.4 is 5.32 Å². The van der Waals surface area contributed by atoms with E-state index in [0.29, 0.717) is 16.4 Å². The number of aromatic nitrogens is 1. The number of halogens is 2. The van der Waals surface area contributed by atoms with Crippen molar-refractivity contribution in [3.8, 4) is 11.3 Å². The van der Waals surface area contributed by atoms with Crippen molar-refractivity contribution in [3.63, 3.8) is 0 Å². The van der Waals surface area contributed by atoms with Crippen LogP contribution in [0.3, 0.4) is 0 Å². The molecule has 1 N–H and O–H groups in total. The largest absolute Gasteiger partial charge is 0.298 e. The molecule has 0 aliphatic carbocycles. The fourth-order valence-corrected chi connectivity index (χ4v) is 3.45. The zero-order valence-electron chi connectivity index (χ0n) is 13.4. The Hall–Kier alpha value is -3.12. The van der Waals surface area contributed by atoms with E-state index >= 15 is 0 Å². The Kier molecular flexibility index (Phi) is 4.18. The number of hydrogen-bond donors (Lipinski definition) is 1. The Bertz CT molecular complexity index is 1120. The van der Waals surface area contributed by atoms with Gasteiger partial charge in [-0.15, -0.1) is 11.3 Å². The van der Waals surface area contributed by atoms with E-state index in [1.807, 2.05) is 36.4 Å². The van der Waals surface area contributed by atoms with E-state index in [4.69, 9.17) is 0 Å². The highest BCUT2D eigenvalue weighted by molar-refractivity contribution is 7.14. The van der Waals surface area contributed by atoms with Crippen LogP contribution in [-0.4, -0.2) is 10.9 Å². The molecule has 0 saturated carbocycles. The van der Waals surface area contributed by atoms with E-state index in [9.17, 15) is 13.6 Å². The Morgan fingerprint density at radius 3 is 2.65 bits per heavy atom. The van der Waals surface area contributed by atoms with Crippen LogP contribution in [0.15, 0.2) is 66.0 Å². The molecule has 0 spiro atoms. The minimum Gasteiger partial charge on any atom is -0.298 e. The lowest BCUT2D eigenvalue weighted by molar-refractivity contribution is 0.102. The first-order chi connectivity index (χ1) is 12.6. The minimum absolute atomic E-state index is 0.188. The molecule has 1 heterocycles. The van der Waals surface area contributed by atoms with E-state index in [-0.39, 0.29) is 11.5 Å². The Morgan fingerprint density at radius 2 is 1.81 bits per heavy atom. The van der Waals surface area contributed by atoms with Gasteiger partial charge in [0.1, 0.15) is 11.6 Å². The van der Waals surface area contributed by atoms with Crippen molar-refractivity contribution in [1.29, 1.82) is 0 Å². The quantitative estimate of drug-likeness (QED) is 0.521. The lowest BCUT2D eigenvalue weighted by Gasteiger charge is -2.06. The molecule has 0 aliphatic rings. The second-order valence-corrected chi connectivity index (χ2v) is 6.50. The second kappa shape index (κ2) is 6.65. The second-order valence-electron chi connectivity index (χ2n) is 5.64. The fraction of sp³-hybridized carbons (Fsp3) is 0. The average Bonchev–Trinajstić information content (AvgIpc) is 3.09. The summed E-state index contributed by atoms with van der Waals surface area (Å²) in [5.41, 5.74) is 1.07. The van der Waals surface area contributed by atoms with Crippen molar-refractivity contribution in [3.05, 3.63) is 83.2 Å². The standard InChI is InChI=1S/C20H12F2N2OS/c21-13-8-9-16(17(22)10-13)18-11-26-20(23-18)24-19(25)15-7-3-5-12-4-1-2-6-14(12)15/h1-11H,(H,23,24,25). The minimum atomic E-state index is -0.692. The molecule has 0 unspecified atom stereocenters. The molecule has 1 amide bonds. The molecule has 6 heteroatoms. The molecule has 4 aromatic rings. The summed E-state index contributed by atoms with van der Waals surface area (Å²) in [7, 11) is 0. The first-order valence-electron chi connectivity index (χ1n) is 7.82. The number of carbonyl (C=O) groups excluding carboxylic acids is 1. The first kappa shape index (κ1) is 16.4. The van der Waals surface area contributed by atoms with Crippen LogP contribution in [0, 0.1) is 11.6 Å². The number of nitrogens with one attached hydrogen (secondary N) is 1. The van der Waals surface area contributed by atoms with Gasteiger partial charge < -0.3 is 0 Å². The van der Waals surface area contributed by atoms with Gasteiger partial charge in [-0.05, 0) is 29.0 Å². The SMILES string of the molecule is O=C(Nc1nc(-c2ccc(F)cc2F)cs1)c1cccc2ccccc12. The predicted molar refractivity (Wildman–Crippen MR) is 99.4 cm³/mol. The van der Waals surface area contributed by atoms with Crippen LogP contribution in [0.4, 0.5) is 13.9 Å². The van der Waals surface area contributed by atoms with Crippen LogP contribution in [-0.2, 0) is 0 Å². The van der Waals surface area contributed by atoms with Gasteiger partial charge in [-0.3, -0.25) is 10.1 Å². The van der Waals surface area contributed by atoms with Crippen LogP contribution >= 0.6 is 11.3 Å². The molecule has 0 radical (unpaired) electrons. The Morgan fingerprint density at radius 1 is 1.00 bits per heavy atom. The van der Waals surface area contributed by atoms with Crippen molar-refractivity contribution in [2.75, 3.05) is 5.32 Å². The Labute approximate surface area is 151 Å². The number of benzene rings is 3. The van der Waals surface area contributed by atoms with Gasteiger partial charge >= 0.3 is 0 Å². The molecule has 3 nitrogen and oxygen atoms in total. The molecule has 0 aliphatic heterocycles. The van der Waals surface area contributed by atoms with Crippen molar-refractivity contribution in [1.82, 2.24) is 4.98 Å². The number of anilines is 1. The van der Waals surface area contributed by atoms with Gasteiger partial charge in [0.25, 0.3) is 5.91 Å². The maximum Gasteiger partial charge on any atom is 0.258 e. The maximum atomic E-state index is 13.9. The molecule has 0 fully saturated rings. The van der Waals surface area contributed by atoms with Gasteiger partial charge in [-0.2, -0.15) is 0 Å². The summed E-state index contributed by atoms with van der Waals surface area (Å²) in [6.45, 7) is 0. The van der Waals surface area contributed by atoms with Crippen LogP contribution in [0.25, 0.3) is 22.0 Å². The summed E-state index contributed by atoms with van der Waals surface area (Å²) >= 11 is 1.18. The number of amides is 1. The summed E-state index contributed by atoms with van der Waals surface area (Å²) in [5, 5.41) is 6.52. The monoisotopic (exact) mass is 366 g/mol. The van der Waals surface area contributed by atoms with Crippen molar-refractivity contribution < 1.29 is 13.6 Å². The fourth-order valence-electron chi connectivity index (χ4n) is 2.74. The third-order valence-electron chi connectivity index (χ3n) is 3.97. The van der Waals surface area contributed by atoms with Gasteiger partial charge in [0, 0.05) is 22.6 Å². The van der Waals surface area contributed by atoms with Crippen molar-refractivity contribution >= 4 is 33.1 Å². The zero-order chi connectivity index (χ0) is 18.1. The van der Waals surface area contributed by atoms with Crippen LogP contribution in [0.1, 0.15) is 10.4 Å². The summed E-state index contributed by atoms with van der Waals surface area (Å²) in [6, 6.07) is 16.4. The normalized spacial score (nSPS) is 10.8. The number of nitrogens with zero attached hydrogens (tertiary/aromatic N) is 1. The van der Waals surface area contributed by atoms with Gasteiger partial charge in [-0.1, -0.05) is 36.4 Å². The van der Waals surface area contributed by atoms with Gasteiger partial charge in [-0.25, -0.2) is 13.8 Å². The molecule has 0 atom stereocenters. The van der Waals surface area contributed by atoms with E-state index < -0.39 is 11.6 Å². The molecule has 4 rings (SSSR count).